The smallest absolute Gasteiger partial charge is 0.301 e. The van der Waals surface area contributed by atoms with E-state index in [9.17, 15) is 24.2 Å². The molecule has 2 N–H and O–H groups in total. The molecule has 0 radical (unpaired) electrons. The summed E-state index contributed by atoms with van der Waals surface area (Å²) in [6, 6.07) is 12.9. The van der Waals surface area contributed by atoms with Crippen molar-refractivity contribution in [2.45, 2.75) is 19.9 Å². The monoisotopic (exact) mass is 504 g/mol. The Morgan fingerprint density at radius 1 is 1.08 bits per heavy atom. The molecule has 3 aromatic carbocycles. The van der Waals surface area contributed by atoms with Crippen molar-refractivity contribution in [1.82, 2.24) is 4.98 Å². The number of methoxy groups -OCH3 is 1. The van der Waals surface area contributed by atoms with Crippen molar-refractivity contribution in [2.24, 2.45) is 0 Å². The lowest BCUT2D eigenvalue weighted by Crippen LogP contribution is -2.29. The second kappa shape index (κ2) is 8.76. The molecule has 1 atom stereocenters. The number of phenols is 1. The Balaban J connectivity index is 1.78. The van der Waals surface area contributed by atoms with Gasteiger partial charge in [-0.15, -0.1) is 0 Å². The maximum absolute atomic E-state index is 13.8. The highest BCUT2D eigenvalue weighted by Crippen LogP contribution is 2.46. The van der Waals surface area contributed by atoms with Crippen LogP contribution in [0.1, 0.15) is 28.3 Å². The van der Waals surface area contributed by atoms with Crippen molar-refractivity contribution in [1.29, 1.82) is 0 Å². The first kappa shape index (κ1) is 23.5. The molecule has 1 saturated heterocycles. The molecule has 9 heteroatoms. The number of hydrogen-bond acceptors (Lipinski definition) is 7. The van der Waals surface area contributed by atoms with Gasteiger partial charge in [-0.1, -0.05) is 35.1 Å². The van der Waals surface area contributed by atoms with Crippen molar-refractivity contribution >= 4 is 44.1 Å². The highest BCUT2D eigenvalue weighted by molar-refractivity contribution is 7.22. The minimum absolute atomic E-state index is 0.119. The van der Waals surface area contributed by atoms with Gasteiger partial charge in [0, 0.05) is 5.56 Å². The van der Waals surface area contributed by atoms with E-state index in [4.69, 9.17) is 4.74 Å². The minimum atomic E-state index is -1.06. The number of aromatic nitrogens is 1. The second-order valence-electron chi connectivity index (χ2n) is 8.53. The number of hydrogen-bond donors (Lipinski definition) is 2. The number of phenolic OH excluding ortho intramolecular Hbond substituents is 1. The maximum atomic E-state index is 13.8. The molecule has 1 aromatic heterocycles. The predicted octanol–water partition coefficient (Wildman–Crippen LogP) is 5.39. The molecular weight excluding hydrogens is 483 g/mol. The van der Waals surface area contributed by atoms with Crippen LogP contribution in [0.15, 0.2) is 60.2 Å². The van der Waals surface area contributed by atoms with Gasteiger partial charge in [-0.25, -0.2) is 9.37 Å². The fourth-order valence-corrected chi connectivity index (χ4v) is 5.35. The maximum Gasteiger partial charge on any atom is 0.301 e. The number of thiazole rings is 1. The molecule has 36 heavy (non-hydrogen) atoms. The zero-order valence-electron chi connectivity index (χ0n) is 19.6. The Morgan fingerprint density at radius 3 is 2.61 bits per heavy atom. The van der Waals surface area contributed by atoms with E-state index in [0.717, 1.165) is 22.5 Å². The molecule has 0 bridgehead atoms. The van der Waals surface area contributed by atoms with Gasteiger partial charge < -0.3 is 14.9 Å². The summed E-state index contributed by atoms with van der Waals surface area (Å²) in [5.74, 6) is -2.51. The second-order valence-corrected chi connectivity index (χ2v) is 9.54. The zero-order valence-corrected chi connectivity index (χ0v) is 20.4. The van der Waals surface area contributed by atoms with Gasteiger partial charge in [-0.3, -0.25) is 14.5 Å². The molecule has 2 heterocycles. The number of carbonyl (C=O) groups is 2. The third-order valence-electron chi connectivity index (χ3n) is 6.16. The largest absolute Gasteiger partial charge is 0.507 e. The van der Waals surface area contributed by atoms with E-state index in [-0.39, 0.29) is 28.0 Å². The average Bonchev–Trinajstić information content (AvgIpc) is 3.38. The highest BCUT2D eigenvalue weighted by Gasteiger charge is 2.48. The van der Waals surface area contributed by atoms with Gasteiger partial charge in [0.05, 0.1) is 28.9 Å². The van der Waals surface area contributed by atoms with Crippen LogP contribution in [0, 0.1) is 19.7 Å². The average molecular weight is 505 g/mol. The summed E-state index contributed by atoms with van der Waals surface area (Å²) in [7, 11) is 1.38. The first-order chi connectivity index (χ1) is 17.2. The Kier molecular flexibility index (Phi) is 5.72. The van der Waals surface area contributed by atoms with E-state index in [1.54, 1.807) is 19.1 Å². The molecule has 0 aliphatic carbocycles. The highest BCUT2D eigenvalue weighted by atomic mass is 32.1. The van der Waals surface area contributed by atoms with Crippen LogP contribution in [0.5, 0.6) is 11.5 Å². The minimum Gasteiger partial charge on any atom is -0.507 e. The number of benzene rings is 3. The number of ether oxygens (including phenoxy) is 1. The number of rotatable bonds is 4. The van der Waals surface area contributed by atoms with Crippen LogP contribution >= 0.6 is 11.3 Å². The van der Waals surface area contributed by atoms with Crippen LogP contribution in [0.3, 0.4) is 0 Å². The Labute approximate surface area is 209 Å². The summed E-state index contributed by atoms with van der Waals surface area (Å²) < 4.78 is 19.6. The molecule has 5 rings (SSSR count). The molecule has 1 amide bonds. The van der Waals surface area contributed by atoms with Gasteiger partial charge in [0.1, 0.15) is 11.6 Å². The third kappa shape index (κ3) is 3.77. The summed E-state index contributed by atoms with van der Waals surface area (Å²) in [5.41, 5.74) is 2.78. The van der Waals surface area contributed by atoms with Gasteiger partial charge in [0.15, 0.2) is 16.6 Å². The molecule has 0 saturated carbocycles. The topological polar surface area (TPSA) is 100.0 Å². The number of nitrogens with zero attached hydrogens (tertiary/aromatic N) is 2. The van der Waals surface area contributed by atoms with E-state index in [1.165, 1.54) is 42.3 Å². The number of aliphatic hydroxyl groups is 1. The van der Waals surface area contributed by atoms with E-state index in [1.807, 2.05) is 19.1 Å². The zero-order chi connectivity index (χ0) is 25.7. The molecule has 1 aliphatic rings. The molecule has 1 fully saturated rings. The normalized spacial score (nSPS) is 17.2. The standard InChI is InChI=1S/C27H21FN2O5S/c1-13-4-5-14(2)17(10-13)24(32)22-23(15-6-9-19(31)20(11-15)35-3)30(26(34)25(22)33)27-29-18-8-7-16(28)12-21(18)36-27/h4-12,23,31-32H,1-3H3. The van der Waals surface area contributed by atoms with Crippen molar-refractivity contribution in [3.05, 3.63) is 88.2 Å². The number of fused-ring (bicyclic) bond motifs is 1. The van der Waals surface area contributed by atoms with Crippen LogP contribution in [0.25, 0.3) is 16.0 Å². The van der Waals surface area contributed by atoms with E-state index >= 15 is 0 Å². The lowest BCUT2D eigenvalue weighted by Gasteiger charge is -2.23. The third-order valence-corrected chi connectivity index (χ3v) is 7.17. The first-order valence-electron chi connectivity index (χ1n) is 11.0. The number of carbonyl (C=O) groups excluding carboxylic acids is 2. The molecule has 4 aromatic rings. The fourth-order valence-electron chi connectivity index (χ4n) is 4.33. The first-order valence-corrected chi connectivity index (χ1v) is 11.8. The number of halogens is 1. The van der Waals surface area contributed by atoms with E-state index < -0.39 is 23.5 Å². The Bertz CT molecular complexity index is 1590. The Hall–Kier alpha value is -4.24. The van der Waals surface area contributed by atoms with Gasteiger partial charge >= 0.3 is 5.91 Å². The van der Waals surface area contributed by atoms with Crippen LogP contribution in [0.2, 0.25) is 0 Å². The number of amides is 1. The summed E-state index contributed by atoms with van der Waals surface area (Å²) in [5, 5.41) is 21.7. The predicted molar refractivity (Wildman–Crippen MR) is 135 cm³/mol. The number of anilines is 1. The van der Waals surface area contributed by atoms with Crippen LogP contribution in [-0.4, -0.2) is 34.0 Å². The van der Waals surface area contributed by atoms with Crippen molar-refractivity contribution in [3.8, 4) is 11.5 Å². The lowest BCUT2D eigenvalue weighted by atomic mass is 9.93. The van der Waals surface area contributed by atoms with Gasteiger partial charge in [-0.2, -0.15) is 0 Å². The summed E-state index contributed by atoms with van der Waals surface area (Å²) in [6.45, 7) is 3.66. The lowest BCUT2D eigenvalue weighted by molar-refractivity contribution is -0.132. The van der Waals surface area contributed by atoms with E-state index in [2.05, 4.69) is 4.98 Å². The van der Waals surface area contributed by atoms with Gasteiger partial charge in [0.25, 0.3) is 5.78 Å². The number of ketones is 1. The van der Waals surface area contributed by atoms with Crippen molar-refractivity contribution in [3.63, 3.8) is 0 Å². The molecule has 1 unspecified atom stereocenters. The van der Waals surface area contributed by atoms with Crippen molar-refractivity contribution < 1.29 is 28.9 Å². The summed E-state index contributed by atoms with van der Waals surface area (Å²) in [4.78, 5) is 32.5. The SMILES string of the molecule is COc1cc(C2C(=C(O)c3cc(C)ccc3C)C(=O)C(=O)N2c2nc3ccc(F)cc3s2)ccc1O. The summed E-state index contributed by atoms with van der Waals surface area (Å²) >= 11 is 1.06. The molecule has 182 valence electrons. The van der Waals surface area contributed by atoms with Crippen LogP contribution in [-0.2, 0) is 9.59 Å². The molecule has 1 aliphatic heterocycles. The molecule has 0 spiro atoms. The fraction of sp³-hybridized carbons (Fsp3) is 0.148. The molecule has 7 nitrogen and oxygen atoms in total. The number of aliphatic hydroxyl groups excluding tert-OH is 1. The van der Waals surface area contributed by atoms with Crippen molar-refractivity contribution in [2.75, 3.05) is 12.0 Å². The van der Waals surface area contributed by atoms with E-state index in [0.29, 0.717) is 21.3 Å². The number of aromatic hydroxyl groups is 1. The van der Waals surface area contributed by atoms with Gasteiger partial charge in [0.2, 0.25) is 0 Å². The Morgan fingerprint density at radius 2 is 1.86 bits per heavy atom. The number of Topliss-reactive ketones (excluding diaryl/α,β-unsaturated/α-hetero) is 1. The van der Waals surface area contributed by atoms with Crippen LogP contribution < -0.4 is 9.64 Å². The number of aryl methyl sites for hydroxylation is 2. The van der Waals surface area contributed by atoms with Crippen LogP contribution in [0.4, 0.5) is 9.52 Å². The quantitative estimate of drug-likeness (QED) is 0.220. The van der Waals surface area contributed by atoms with Gasteiger partial charge in [-0.05, 0) is 61.4 Å². The molecular formula is C27H21FN2O5S. The summed E-state index contributed by atoms with van der Waals surface area (Å²) in [6.07, 6.45) is 0.